The van der Waals surface area contributed by atoms with Crippen LogP contribution >= 0.6 is 23.2 Å². The van der Waals surface area contributed by atoms with Crippen molar-refractivity contribution in [1.82, 2.24) is 10.2 Å². The smallest absolute Gasteiger partial charge is 0.429 e. The molecule has 1 atom stereocenters. The SMILES string of the molecule is N[C@@H](CC(=O)OC(=O)OCc1ccccc1)Cc1cc(Cl)c2[nH]ncc2c1CCl. The van der Waals surface area contributed by atoms with Crippen molar-refractivity contribution in [2.45, 2.75) is 31.4 Å². The monoisotopic (exact) mass is 435 g/mol. The summed E-state index contributed by atoms with van der Waals surface area (Å²) >= 11 is 12.4. The van der Waals surface area contributed by atoms with E-state index in [2.05, 4.69) is 14.9 Å². The zero-order chi connectivity index (χ0) is 20.8. The van der Waals surface area contributed by atoms with Gasteiger partial charge in [0.25, 0.3) is 0 Å². The molecule has 29 heavy (non-hydrogen) atoms. The number of hydrogen-bond acceptors (Lipinski definition) is 6. The van der Waals surface area contributed by atoms with E-state index in [1.165, 1.54) is 0 Å². The molecule has 0 aliphatic carbocycles. The number of ether oxygens (including phenoxy) is 2. The van der Waals surface area contributed by atoms with E-state index in [1.54, 1.807) is 24.4 Å². The van der Waals surface area contributed by atoms with Crippen LogP contribution in [0, 0.1) is 0 Å². The maximum Gasteiger partial charge on any atom is 0.516 e. The van der Waals surface area contributed by atoms with Crippen LogP contribution in [-0.4, -0.2) is 28.4 Å². The van der Waals surface area contributed by atoms with Crippen molar-refractivity contribution in [1.29, 1.82) is 0 Å². The minimum Gasteiger partial charge on any atom is -0.429 e. The van der Waals surface area contributed by atoms with Gasteiger partial charge in [0.15, 0.2) is 0 Å². The Kier molecular flexibility index (Phi) is 7.09. The Hall–Kier alpha value is -2.61. The van der Waals surface area contributed by atoms with Crippen LogP contribution in [0.1, 0.15) is 23.1 Å². The van der Waals surface area contributed by atoms with Gasteiger partial charge >= 0.3 is 12.1 Å². The fourth-order valence-corrected chi connectivity index (χ4v) is 3.56. The fourth-order valence-electron chi connectivity index (χ4n) is 2.97. The third-order valence-corrected chi connectivity index (χ3v) is 4.90. The van der Waals surface area contributed by atoms with Crippen molar-refractivity contribution in [3.05, 3.63) is 64.3 Å². The first-order valence-corrected chi connectivity index (χ1v) is 9.75. The average Bonchev–Trinajstić information content (AvgIpc) is 3.17. The molecule has 0 fully saturated rings. The third-order valence-electron chi connectivity index (χ3n) is 4.33. The second-order valence-corrected chi connectivity index (χ2v) is 7.13. The molecular weight excluding hydrogens is 417 g/mol. The summed E-state index contributed by atoms with van der Waals surface area (Å²) in [7, 11) is 0. The lowest BCUT2D eigenvalue weighted by Gasteiger charge is -2.14. The average molecular weight is 436 g/mol. The summed E-state index contributed by atoms with van der Waals surface area (Å²) in [5.41, 5.74) is 9.21. The Morgan fingerprint density at radius 2 is 2.00 bits per heavy atom. The normalized spacial score (nSPS) is 12.0. The van der Waals surface area contributed by atoms with E-state index in [0.29, 0.717) is 17.0 Å². The van der Waals surface area contributed by atoms with Crippen molar-refractivity contribution >= 4 is 46.2 Å². The molecule has 152 valence electrons. The minimum atomic E-state index is -1.06. The minimum absolute atomic E-state index is 0.0152. The maximum atomic E-state index is 12.0. The molecule has 2 aromatic carbocycles. The number of benzene rings is 2. The molecule has 9 heteroatoms. The lowest BCUT2D eigenvalue weighted by Crippen LogP contribution is -2.28. The van der Waals surface area contributed by atoms with E-state index >= 15 is 0 Å². The van der Waals surface area contributed by atoms with Gasteiger partial charge in [-0.05, 0) is 29.2 Å². The van der Waals surface area contributed by atoms with E-state index in [-0.39, 0.29) is 18.9 Å². The van der Waals surface area contributed by atoms with Gasteiger partial charge in [0.05, 0.1) is 23.2 Å². The predicted octanol–water partition coefficient (Wildman–Crippen LogP) is 4.10. The number of aromatic amines is 1. The van der Waals surface area contributed by atoms with Gasteiger partial charge < -0.3 is 15.2 Å². The van der Waals surface area contributed by atoms with E-state index in [1.807, 2.05) is 18.2 Å². The van der Waals surface area contributed by atoms with Crippen LogP contribution in [0.2, 0.25) is 5.02 Å². The molecule has 0 aliphatic rings. The van der Waals surface area contributed by atoms with Crippen LogP contribution < -0.4 is 5.73 Å². The van der Waals surface area contributed by atoms with E-state index in [9.17, 15) is 9.59 Å². The number of rotatable bonds is 7. The number of esters is 1. The van der Waals surface area contributed by atoms with Gasteiger partial charge in [-0.1, -0.05) is 41.9 Å². The van der Waals surface area contributed by atoms with Crippen molar-refractivity contribution in [3.63, 3.8) is 0 Å². The Balaban J connectivity index is 1.55. The lowest BCUT2D eigenvalue weighted by molar-refractivity contribution is -0.140. The maximum absolute atomic E-state index is 12.0. The van der Waals surface area contributed by atoms with Gasteiger partial charge in [-0.3, -0.25) is 9.89 Å². The van der Waals surface area contributed by atoms with Crippen molar-refractivity contribution in [3.8, 4) is 0 Å². The van der Waals surface area contributed by atoms with Gasteiger partial charge in [0.2, 0.25) is 0 Å². The number of nitrogens with two attached hydrogens (primary N) is 1. The van der Waals surface area contributed by atoms with Crippen LogP contribution in [0.4, 0.5) is 4.79 Å². The molecule has 0 unspecified atom stereocenters. The molecule has 0 bridgehead atoms. The van der Waals surface area contributed by atoms with Gasteiger partial charge in [0.1, 0.15) is 6.61 Å². The van der Waals surface area contributed by atoms with Crippen LogP contribution in [-0.2, 0) is 33.2 Å². The predicted molar refractivity (Wildman–Crippen MR) is 110 cm³/mol. The molecule has 0 saturated carbocycles. The number of aromatic nitrogens is 2. The van der Waals surface area contributed by atoms with Gasteiger partial charge in [0, 0.05) is 17.3 Å². The highest BCUT2D eigenvalue weighted by atomic mass is 35.5. The molecule has 3 rings (SSSR count). The number of H-pyrrole nitrogens is 1. The molecule has 0 saturated heterocycles. The highest BCUT2D eigenvalue weighted by Crippen LogP contribution is 2.30. The summed E-state index contributed by atoms with van der Waals surface area (Å²) in [6.07, 6.45) is 0.751. The number of halogens is 2. The molecule has 0 spiro atoms. The van der Waals surface area contributed by atoms with Gasteiger partial charge in [-0.2, -0.15) is 5.10 Å². The molecule has 7 nitrogen and oxygen atoms in total. The van der Waals surface area contributed by atoms with Crippen LogP contribution in [0.3, 0.4) is 0 Å². The number of fused-ring (bicyclic) bond motifs is 1. The van der Waals surface area contributed by atoms with Crippen molar-refractivity contribution in [2.24, 2.45) is 5.73 Å². The quantitative estimate of drug-likeness (QED) is 0.328. The molecule has 3 aromatic rings. The fraction of sp³-hybridized carbons (Fsp3) is 0.250. The second kappa shape index (κ2) is 9.73. The number of alkyl halides is 1. The first kappa shape index (κ1) is 21.1. The Bertz CT molecular complexity index is 1010. The Morgan fingerprint density at radius 1 is 1.24 bits per heavy atom. The van der Waals surface area contributed by atoms with Crippen LogP contribution in [0.5, 0.6) is 0 Å². The molecule has 0 amide bonds. The molecule has 1 aromatic heterocycles. The topological polar surface area (TPSA) is 107 Å². The highest BCUT2D eigenvalue weighted by molar-refractivity contribution is 6.35. The summed E-state index contributed by atoms with van der Waals surface area (Å²) < 4.78 is 9.59. The summed E-state index contributed by atoms with van der Waals surface area (Å²) in [6.45, 7) is 0.0152. The molecule has 0 radical (unpaired) electrons. The highest BCUT2D eigenvalue weighted by Gasteiger charge is 2.19. The zero-order valence-electron chi connectivity index (χ0n) is 15.4. The van der Waals surface area contributed by atoms with Crippen molar-refractivity contribution in [2.75, 3.05) is 0 Å². The van der Waals surface area contributed by atoms with Crippen LogP contribution in [0.15, 0.2) is 42.6 Å². The van der Waals surface area contributed by atoms with Gasteiger partial charge in [-0.25, -0.2) is 4.79 Å². The number of nitrogens with one attached hydrogen (secondary N) is 1. The van der Waals surface area contributed by atoms with Crippen LogP contribution in [0.25, 0.3) is 10.9 Å². The number of nitrogens with zero attached hydrogens (tertiary/aromatic N) is 1. The largest absolute Gasteiger partial charge is 0.516 e. The van der Waals surface area contributed by atoms with E-state index in [4.69, 9.17) is 33.7 Å². The van der Waals surface area contributed by atoms with E-state index in [0.717, 1.165) is 22.1 Å². The summed E-state index contributed by atoms with van der Waals surface area (Å²) in [5, 5.41) is 8.10. The summed E-state index contributed by atoms with van der Waals surface area (Å²) in [5.74, 6) is -0.524. The second-order valence-electron chi connectivity index (χ2n) is 6.46. The molecule has 1 heterocycles. The van der Waals surface area contributed by atoms with E-state index < -0.39 is 18.2 Å². The third kappa shape index (κ3) is 5.47. The van der Waals surface area contributed by atoms with Crippen molar-refractivity contribution < 1.29 is 19.1 Å². The number of hydrogen-bond donors (Lipinski definition) is 2. The molecule has 0 aliphatic heterocycles. The number of carbonyl (C=O) groups excluding carboxylic acids is 2. The Morgan fingerprint density at radius 3 is 2.72 bits per heavy atom. The zero-order valence-corrected chi connectivity index (χ0v) is 16.9. The Labute approximate surface area is 177 Å². The molecule has 3 N–H and O–H groups in total. The van der Waals surface area contributed by atoms with Gasteiger partial charge in [-0.15, -0.1) is 11.6 Å². The lowest BCUT2D eigenvalue weighted by atomic mass is 9.97. The standard InChI is InChI=1S/C20H19Cl2N3O4/c21-9-15-13(7-17(22)19-16(15)10-24-25-19)6-14(23)8-18(26)29-20(27)28-11-12-4-2-1-3-5-12/h1-5,7,10,14H,6,8-9,11,23H2,(H,24,25)/t14-/m1/s1. The first-order chi connectivity index (χ1) is 14.0. The summed E-state index contributed by atoms with van der Waals surface area (Å²) in [6, 6.07) is 10.2. The molecular formula is C20H19Cl2N3O4. The first-order valence-electron chi connectivity index (χ1n) is 8.84. The summed E-state index contributed by atoms with van der Waals surface area (Å²) in [4.78, 5) is 23.7. The number of carbonyl (C=O) groups is 2.